The van der Waals surface area contributed by atoms with Crippen molar-refractivity contribution in [3.8, 4) is 0 Å². The lowest BCUT2D eigenvalue weighted by molar-refractivity contribution is -0.384. The number of hydrogen-bond donors (Lipinski definition) is 0. The lowest BCUT2D eigenvalue weighted by atomic mass is 10.2. The first-order valence-electron chi connectivity index (χ1n) is 8.18. The number of nitrogens with zero attached hydrogens (tertiary/aromatic N) is 3. The highest BCUT2D eigenvalue weighted by atomic mass is 32.1. The minimum absolute atomic E-state index is 0.00346. The highest BCUT2D eigenvalue weighted by Gasteiger charge is 2.15. The molecule has 0 unspecified atom stereocenters. The number of hydrogen-bond acceptors (Lipinski definition) is 7. The minimum atomic E-state index is -0.510. The molecule has 0 aliphatic heterocycles. The maximum absolute atomic E-state index is 12.5. The van der Waals surface area contributed by atoms with Gasteiger partial charge in [0.05, 0.1) is 18.6 Å². The topological polar surface area (TPSA) is 103 Å². The molecule has 0 aliphatic carbocycles. The monoisotopic (exact) mass is 389 g/mol. The van der Waals surface area contributed by atoms with Crippen molar-refractivity contribution in [1.82, 2.24) is 9.88 Å². The zero-order valence-electron chi connectivity index (χ0n) is 15.0. The van der Waals surface area contributed by atoms with E-state index in [0.29, 0.717) is 23.7 Å². The number of carbonyl (C=O) groups excluding carboxylic acids is 2. The van der Waals surface area contributed by atoms with E-state index in [1.165, 1.54) is 36.7 Å². The van der Waals surface area contributed by atoms with Gasteiger partial charge in [0, 0.05) is 30.1 Å². The molecule has 0 bridgehead atoms. The smallest absolute Gasteiger partial charge is 0.357 e. The van der Waals surface area contributed by atoms with E-state index in [-0.39, 0.29) is 17.3 Å². The summed E-state index contributed by atoms with van der Waals surface area (Å²) in [5.41, 5.74) is 0.909. The largest absolute Gasteiger partial charge is 0.464 e. The molecule has 0 atom stereocenters. The first-order chi connectivity index (χ1) is 12.9. The number of nitro benzene ring substituents is 1. The van der Waals surface area contributed by atoms with E-state index in [1.54, 1.807) is 28.5 Å². The highest BCUT2D eigenvalue weighted by molar-refractivity contribution is 7.09. The maximum Gasteiger partial charge on any atom is 0.357 e. The molecule has 1 aromatic carbocycles. The Morgan fingerprint density at radius 1 is 1.33 bits per heavy atom. The lowest BCUT2D eigenvalue weighted by Gasteiger charge is -2.19. The van der Waals surface area contributed by atoms with Crippen LogP contribution in [0.2, 0.25) is 0 Å². The molecule has 0 fully saturated rings. The molecule has 0 radical (unpaired) electrons. The average molecular weight is 389 g/mol. The van der Waals surface area contributed by atoms with Crippen LogP contribution in [0.1, 0.15) is 34.4 Å². The number of ether oxygens (including phenoxy) is 1. The summed E-state index contributed by atoms with van der Waals surface area (Å²) in [7, 11) is 1.29. The number of benzene rings is 1. The molecule has 8 nitrogen and oxygen atoms in total. The summed E-state index contributed by atoms with van der Waals surface area (Å²) in [4.78, 5) is 40.0. The zero-order valence-corrected chi connectivity index (χ0v) is 15.8. The van der Waals surface area contributed by atoms with Gasteiger partial charge in [-0.25, -0.2) is 9.78 Å². The first kappa shape index (κ1) is 20.2. The third-order valence-electron chi connectivity index (χ3n) is 3.60. The van der Waals surface area contributed by atoms with Crippen molar-refractivity contribution in [2.24, 2.45) is 0 Å². The molecular weight excluding hydrogens is 370 g/mol. The summed E-state index contributed by atoms with van der Waals surface area (Å²) in [5, 5.41) is 12.9. The van der Waals surface area contributed by atoms with Crippen LogP contribution >= 0.6 is 11.3 Å². The van der Waals surface area contributed by atoms with Crippen LogP contribution in [0.15, 0.2) is 35.7 Å². The van der Waals surface area contributed by atoms with Gasteiger partial charge in [0.15, 0.2) is 5.69 Å². The summed E-state index contributed by atoms with van der Waals surface area (Å²) in [6.45, 7) is 2.79. The first-order valence-corrected chi connectivity index (χ1v) is 9.06. The summed E-state index contributed by atoms with van der Waals surface area (Å²) in [6, 6.07) is 5.93. The van der Waals surface area contributed by atoms with Crippen molar-refractivity contribution in [1.29, 1.82) is 0 Å². The molecule has 0 spiro atoms. The summed E-state index contributed by atoms with van der Waals surface area (Å²) in [5.74, 6) is -0.714. The number of amides is 1. The molecule has 1 aromatic heterocycles. The molecule has 2 rings (SSSR count). The van der Waals surface area contributed by atoms with E-state index in [0.717, 1.165) is 6.42 Å². The minimum Gasteiger partial charge on any atom is -0.464 e. The second kappa shape index (κ2) is 9.58. The van der Waals surface area contributed by atoms with E-state index < -0.39 is 10.9 Å². The van der Waals surface area contributed by atoms with Crippen LogP contribution in [0.4, 0.5) is 5.69 Å². The fourth-order valence-electron chi connectivity index (χ4n) is 2.26. The molecule has 0 aliphatic rings. The van der Waals surface area contributed by atoms with Gasteiger partial charge in [-0.1, -0.05) is 6.92 Å². The average Bonchev–Trinajstić information content (AvgIpc) is 3.14. The van der Waals surface area contributed by atoms with Gasteiger partial charge >= 0.3 is 5.97 Å². The number of thiazole rings is 1. The Labute approximate surface area is 160 Å². The van der Waals surface area contributed by atoms with Crippen molar-refractivity contribution in [2.75, 3.05) is 13.7 Å². The third-order valence-corrected chi connectivity index (χ3v) is 4.43. The molecule has 2 aromatic rings. The Kier molecular flexibility index (Phi) is 7.18. The number of nitro groups is 1. The zero-order chi connectivity index (χ0) is 19.8. The Hall–Kier alpha value is -3.07. The predicted octanol–water partition coefficient (Wildman–Crippen LogP) is 3.29. The standard InChI is InChI=1S/C18H19N3O5S/c1-3-10-20(11-16-19-15(12-27-16)18(23)26-2)17(22)9-6-13-4-7-14(8-5-13)21(24)25/h4-9,12H,3,10-11H2,1-2H3/b9-6+. The van der Waals surface area contributed by atoms with Crippen LogP contribution in [-0.2, 0) is 16.1 Å². The van der Waals surface area contributed by atoms with Crippen molar-refractivity contribution < 1.29 is 19.2 Å². The SMILES string of the molecule is CCCN(Cc1nc(C(=O)OC)cs1)C(=O)/C=C/c1ccc([N+](=O)[O-])cc1. The summed E-state index contributed by atoms with van der Waals surface area (Å²) >= 11 is 1.29. The van der Waals surface area contributed by atoms with Gasteiger partial charge < -0.3 is 9.64 Å². The van der Waals surface area contributed by atoms with Crippen molar-refractivity contribution >= 4 is 35.0 Å². The van der Waals surface area contributed by atoms with Gasteiger partial charge in [-0.15, -0.1) is 11.3 Å². The second-order valence-corrected chi connectivity index (χ2v) is 6.50. The molecule has 142 valence electrons. The molecule has 1 amide bonds. The van der Waals surface area contributed by atoms with Gasteiger partial charge in [-0.2, -0.15) is 0 Å². The van der Waals surface area contributed by atoms with Crippen LogP contribution in [0, 0.1) is 10.1 Å². The Balaban J connectivity index is 2.06. The van der Waals surface area contributed by atoms with Gasteiger partial charge in [-0.05, 0) is 30.2 Å². The number of aromatic nitrogens is 1. The molecule has 1 heterocycles. The van der Waals surface area contributed by atoms with Crippen molar-refractivity contribution in [3.63, 3.8) is 0 Å². The third kappa shape index (κ3) is 5.71. The quantitative estimate of drug-likeness (QED) is 0.297. The van der Waals surface area contributed by atoms with Gasteiger partial charge in [0.1, 0.15) is 5.01 Å². The summed E-state index contributed by atoms with van der Waals surface area (Å²) in [6.07, 6.45) is 3.80. The van der Waals surface area contributed by atoms with E-state index >= 15 is 0 Å². The van der Waals surface area contributed by atoms with Gasteiger partial charge in [0.25, 0.3) is 5.69 Å². The number of rotatable bonds is 8. The van der Waals surface area contributed by atoms with Crippen LogP contribution in [0.25, 0.3) is 6.08 Å². The van der Waals surface area contributed by atoms with E-state index in [9.17, 15) is 19.7 Å². The van der Waals surface area contributed by atoms with Gasteiger partial charge in [-0.3, -0.25) is 14.9 Å². The highest BCUT2D eigenvalue weighted by Crippen LogP contribution is 2.15. The summed E-state index contributed by atoms with van der Waals surface area (Å²) < 4.78 is 4.63. The Bertz CT molecular complexity index is 845. The fourth-order valence-corrected chi connectivity index (χ4v) is 3.04. The van der Waals surface area contributed by atoms with Gasteiger partial charge in [0.2, 0.25) is 5.91 Å². The van der Waals surface area contributed by atoms with Crippen LogP contribution < -0.4 is 0 Å². The maximum atomic E-state index is 12.5. The van der Waals surface area contributed by atoms with E-state index in [4.69, 9.17) is 0 Å². The van der Waals surface area contributed by atoms with E-state index in [1.807, 2.05) is 6.92 Å². The van der Waals surface area contributed by atoms with Crippen LogP contribution in [0.3, 0.4) is 0 Å². The Morgan fingerprint density at radius 3 is 2.63 bits per heavy atom. The van der Waals surface area contributed by atoms with Crippen molar-refractivity contribution in [3.05, 3.63) is 62.1 Å². The van der Waals surface area contributed by atoms with Crippen molar-refractivity contribution in [2.45, 2.75) is 19.9 Å². The molecule has 0 saturated carbocycles. The fraction of sp³-hybridized carbons (Fsp3) is 0.278. The molecular formula is C18H19N3O5S. The molecule has 27 heavy (non-hydrogen) atoms. The molecule has 0 saturated heterocycles. The van der Waals surface area contributed by atoms with Crippen LogP contribution in [-0.4, -0.2) is 40.3 Å². The number of esters is 1. The number of methoxy groups -OCH3 is 1. The van der Waals surface area contributed by atoms with Crippen LogP contribution in [0.5, 0.6) is 0 Å². The normalized spacial score (nSPS) is 10.7. The predicted molar refractivity (Wildman–Crippen MR) is 101 cm³/mol. The Morgan fingerprint density at radius 2 is 2.04 bits per heavy atom. The van der Waals surface area contributed by atoms with E-state index in [2.05, 4.69) is 9.72 Å². The lowest BCUT2D eigenvalue weighted by Crippen LogP contribution is -2.29. The molecule has 9 heteroatoms. The number of non-ortho nitro benzene ring substituents is 1. The second-order valence-electron chi connectivity index (χ2n) is 5.56. The molecule has 0 N–H and O–H groups in total. The number of carbonyl (C=O) groups is 2.